The molecule has 1 saturated carbocycles. The van der Waals surface area contributed by atoms with E-state index in [-0.39, 0.29) is 24.2 Å². The maximum atomic E-state index is 11.7. The predicted octanol–water partition coefficient (Wildman–Crippen LogP) is 1.02. The van der Waals surface area contributed by atoms with Gasteiger partial charge in [0.1, 0.15) is 0 Å². The van der Waals surface area contributed by atoms with Gasteiger partial charge in [-0.1, -0.05) is 18.2 Å². The topological polar surface area (TPSA) is 104 Å². The van der Waals surface area contributed by atoms with E-state index in [0.29, 0.717) is 16.6 Å². The first-order chi connectivity index (χ1) is 10.1. The Balaban J connectivity index is 1.88. The Kier molecular flexibility index (Phi) is 3.39. The number of carbonyl (C=O) groups is 2. The molecule has 1 aromatic carbocycles. The molecule has 0 aliphatic heterocycles. The molecule has 3 N–H and O–H groups in total. The fourth-order valence-electron chi connectivity index (χ4n) is 2.06. The van der Waals surface area contributed by atoms with Crippen LogP contribution in [0.3, 0.4) is 0 Å². The molecule has 0 atom stereocenters. The highest BCUT2D eigenvalue weighted by molar-refractivity contribution is 6.03. The fourth-order valence-corrected chi connectivity index (χ4v) is 2.06. The third kappa shape index (κ3) is 2.91. The Bertz CT molecular complexity index is 712. The average molecular weight is 286 g/mol. The van der Waals surface area contributed by atoms with Crippen LogP contribution in [-0.4, -0.2) is 39.8 Å². The molecule has 0 spiro atoms. The van der Waals surface area contributed by atoms with Crippen molar-refractivity contribution in [1.82, 2.24) is 15.5 Å². The minimum Gasteiger partial charge on any atom is -0.476 e. The Labute approximate surface area is 120 Å². The van der Waals surface area contributed by atoms with Gasteiger partial charge in [0.2, 0.25) is 5.91 Å². The van der Waals surface area contributed by atoms with Crippen molar-refractivity contribution in [3.05, 3.63) is 30.0 Å². The van der Waals surface area contributed by atoms with Gasteiger partial charge in [-0.15, -0.1) is 10.2 Å². The molecule has 0 saturated heterocycles. The Morgan fingerprint density at radius 1 is 1.24 bits per heavy atom. The first-order valence-corrected chi connectivity index (χ1v) is 6.67. The van der Waals surface area contributed by atoms with Gasteiger partial charge in [-0.05, 0) is 18.9 Å². The van der Waals surface area contributed by atoms with Crippen LogP contribution in [0, 0.1) is 0 Å². The van der Waals surface area contributed by atoms with E-state index in [1.165, 1.54) is 0 Å². The van der Waals surface area contributed by atoms with Gasteiger partial charge in [-0.25, -0.2) is 4.79 Å². The standard InChI is InChI=1S/C14H14N4O3/c19-11(16-8-5-6-8)7-15-12-9-3-1-2-4-10(9)17-18-13(12)14(20)21/h1-4,8H,5-7H2,(H,15,17)(H,16,19)(H,20,21). The van der Waals surface area contributed by atoms with Gasteiger partial charge >= 0.3 is 5.97 Å². The van der Waals surface area contributed by atoms with Crippen molar-refractivity contribution in [2.45, 2.75) is 18.9 Å². The number of aromatic carboxylic acids is 1. The molecule has 7 heteroatoms. The van der Waals surface area contributed by atoms with E-state index in [1.807, 2.05) is 0 Å². The first kappa shape index (κ1) is 13.3. The highest BCUT2D eigenvalue weighted by Gasteiger charge is 2.23. The third-order valence-corrected chi connectivity index (χ3v) is 3.24. The highest BCUT2D eigenvalue weighted by Crippen LogP contribution is 2.24. The molecule has 108 valence electrons. The summed E-state index contributed by atoms with van der Waals surface area (Å²) in [6, 6.07) is 7.33. The van der Waals surface area contributed by atoms with Crippen LogP contribution in [0.1, 0.15) is 23.3 Å². The van der Waals surface area contributed by atoms with Crippen LogP contribution in [0.25, 0.3) is 10.9 Å². The van der Waals surface area contributed by atoms with Gasteiger partial charge in [0.15, 0.2) is 5.69 Å². The number of benzene rings is 1. The zero-order valence-corrected chi connectivity index (χ0v) is 11.2. The van der Waals surface area contributed by atoms with Gasteiger partial charge < -0.3 is 15.7 Å². The molecule has 0 radical (unpaired) electrons. The number of aromatic nitrogens is 2. The van der Waals surface area contributed by atoms with Gasteiger partial charge in [-0.3, -0.25) is 4.79 Å². The van der Waals surface area contributed by atoms with Crippen LogP contribution in [0.15, 0.2) is 24.3 Å². The number of rotatable bonds is 5. The summed E-state index contributed by atoms with van der Waals surface area (Å²) in [6.45, 7) is 0.00642. The molecular weight excluding hydrogens is 272 g/mol. The number of anilines is 1. The number of fused-ring (bicyclic) bond motifs is 1. The highest BCUT2D eigenvalue weighted by atomic mass is 16.4. The van der Waals surface area contributed by atoms with Crippen LogP contribution in [0.5, 0.6) is 0 Å². The number of nitrogens with zero attached hydrogens (tertiary/aromatic N) is 2. The molecule has 0 unspecified atom stereocenters. The van der Waals surface area contributed by atoms with E-state index in [4.69, 9.17) is 0 Å². The quantitative estimate of drug-likeness (QED) is 0.758. The lowest BCUT2D eigenvalue weighted by Gasteiger charge is -2.11. The number of carboxylic acid groups (broad SMARTS) is 1. The van der Waals surface area contributed by atoms with Crippen LogP contribution < -0.4 is 10.6 Å². The number of carboxylic acids is 1. The van der Waals surface area contributed by atoms with Crippen molar-refractivity contribution in [2.24, 2.45) is 0 Å². The van der Waals surface area contributed by atoms with E-state index in [0.717, 1.165) is 12.8 Å². The fraction of sp³-hybridized carbons (Fsp3) is 0.286. The van der Waals surface area contributed by atoms with Crippen molar-refractivity contribution < 1.29 is 14.7 Å². The average Bonchev–Trinajstić information content (AvgIpc) is 3.28. The van der Waals surface area contributed by atoms with Crippen molar-refractivity contribution in [1.29, 1.82) is 0 Å². The lowest BCUT2D eigenvalue weighted by atomic mass is 10.1. The van der Waals surface area contributed by atoms with Crippen molar-refractivity contribution in [2.75, 3.05) is 11.9 Å². The van der Waals surface area contributed by atoms with E-state index < -0.39 is 5.97 Å². The van der Waals surface area contributed by atoms with Crippen molar-refractivity contribution in [3.63, 3.8) is 0 Å². The van der Waals surface area contributed by atoms with E-state index in [9.17, 15) is 14.7 Å². The summed E-state index contributed by atoms with van der Waals surface area (Å²) in [5, 5.41) is 23.1. The number of hydrogen-bond donors (Lipinski definition) is 3. The summed E-state index contributed by atoms with van der Waals surface area (Å²) in [6.07, 6.45) is 2.01. The minimum atomic E-state index is -1.18. The van der Waals surface area contributed by atoms with E-state index in [2.05, 4.69) is 20.8 Å². The maximum Gasteiger partial charge on any atom is 0.358 e. The summed E-state index contributed by atoms with van der Waals surface area (Å²) < 4.78 is 0. The third-order valence-electron chi connectivity index (χ3n) is 3.24. The number of nitrogens with one attached hydrogen (secondary N) is 2. The number of carbonyl (C=O) groups excluding carboxylic acids is 1. The smallest absolute Gasteiger partial charge is 0.358 e. The van der Waals surface area contributed by atoms with Crippen molar-refractivity contribution in [3.8, 4) is 0 Å². The zero-order valence-electron chi connectivity index (χ0n) is 11.2. The molecular formula is C14H14N4O3. The number of hydrogen-bond acceptors (Lipinski definition) is 5. The lowest BCUT2D eigenvalue weighted by molar-refractivity contribution is -0.119. The van der Waals surface area contributed by atoms with Crippen LogP contribution in [-0.2, 0) is 4.79 Å². The molecule has 1 amide bonds. The molecule has 21 heavy (non-hydrogen) atoms. The van der Waals surface area contributed by atoms with Gasteiger partial charge in [0.25, 0.3) is 0 Å². The molecule has 2 aromatic rings. The van der Waals surface area contributed by atoms with Gasteiger partial charge in [-0.2, -0.15) is 0 Å². The summed E-state index contributed by atoms with van der Waals surface area (Å²) in [7, 11) is 0. The SMILES string of the molecule is O=C(CNc1c(C(=O)O)nnc2ccccc12)NC1CC1. The van der Waals surface area contributed by atoms with E-state index >= 15 is 0 Å². The lowest BCUT2D eigenvalue weighted by Crippen LogP contribution is -2.31. The second-order valence-electron chi connectivity index (χ2n) is 4.94. The monoisotopic (exact) mass is 286 g/mol. The summed E-state index contributed by atoms with van der Waals surface area (Å²) in [4.78, 5) is 23.0. The Morgan fingerprint density at radius 2 is 2.00 bits per heavy atom. The number of amides is 1. The second-order valence-corrected chi connectivity index (χ2v) is 4.94. The molecule has 1 aliphatic carbocycles. The molecule has 1 heterocycles. The van der Waals surface area contributed by atoms with Gasteiger partial charge in [0, 0.05) is 11.4 Å². The van der Waals surface area contributed by atoms with Crippen LogP contribution in [0.4, 0.5) is 5.69 Å². The predicted molar refractivity (Wildman–Crippen MR) is 76.2 cm³/mol. The summed E-state index contributed by atoms with van der Waals surface area (Å²) in [5.74, 6) is -1.34. The molecule has 1 fully saturated rings. The van der Waals surface area contributed by atoms with Crippen LogP contribution >= 0.6 is 0 Å². The Morgan fingerprint density at radius 3 is 2.71 bits per heavy atom. The Hall–Kier alpha value is -2.70. The van der Waals surface area contributed by atoms with E-state index in [1.54, 1.807) is 24.3 Å². The van der Waals surface area contributed by atoms with Crippen molar-refractivity contribution >= 4 is 28.5 Å². The normalized spacial score (nSPS) is 13.9. The maximum absolute atomic E-state index is 11.7. The molecule has 1 aliphatic rings. The molecule has 1 aromatic heterocycles. The summed E-state index contributed by atoms with van der Waals surface area (Å²) in [5.41, 5.74) is 0.708. The first-order valence-electron chi connectivity index (χ1n) is 6.67. The minimum absolute atomic E-state index is 0.00642. The van der Waals surface area contributed by atoms with Crippen LogP contribution in [0.2, 0.25) is 0 Å². The molecule has 0 bridgehead atoms. The molecule has 3 rings (SSSR count). The zero-order chi connectivity index (χ0) is 14.8. The molecule has 7 nitrogen and oxygen atoms in total. The second kappa shape index (κ2) is 5.35. The largest absolute Gasteiger partial charge is 0.476 e. The summed E-state index contributed by atoms with van der Waals surface area (Å²) >= 11 is 0. The van der Waals surface area contributed by atoms with Gasteiger partial charge in [0.05, 0.1) is 17.7 Å².